The van der Waals surface area contributed by atoms with Crippen LogP contribution in [0, 0.1) is 20.8 Å². The molecule has 1 aromatic carbocycles. The second-order valence-electron chi connectivity index (χ2n) is 6.87. The fourth-order valence-corrected chi connectivity index (χ4v) is 6.47. The summed E-state index contributed by atoms with van der Waals surface area (Å²) in [5.74, 6) is 1.16. The summed E-state index contributed by atoms with van der Waals surface area (Å²) in [6.07, 6.45) is 8.31. The van der Waals surface area contributed by atoms with Gasteiger partial charge in [0.2, 0.25) is 0 Å². The van der Waals surface area contributed by atoms with Gasteiger partial charge in [-0.15, -0.1) is 0 Å². The van der Waals surface area contributed by atoms with E-state index in [1.165, 1.54) is 46.9 Å². The number of ether oxygens (including phenoxy) is 1. The van der Waals surface area contributed by atoms with Gasteiger partial charge in [-0.2, -0.15) is 0 Å². The van der Waals surface area contributed by atoms with E-state index in [1.807, 2.05) is 0 Å². The van der Waals surface area contributed by atoms with E-state index in [4.69, 9.17) is 4.74 Å². The summed E-state index contributed by atoms with van der Waals surface area (Å²) in [6, 6.07) is 2.38. The predicted octanol–water partition coefficient (Wildman–Crippen LogP) is 3.57. The topological polar surface area (TPSA) is 12.2 Å². The van der Waals surface area contributed by atoms with Gasteiger partial charge < -0.3 is 4.74 Å². The first-order valence-corrected chi connectivity index (χ1v) is 10.9. The zero-order chi connectivity index (χ0) is 15.2. The van der Waals surface area contributed by atoms with E-state index in [-0.39, 0.29) is 0 Å². The smallest absolute Gasteiger partial charge is 0.391 e. The lowest BCUT2D eigenvalue weighted by Crippen LogP contribution is -2.59. The van der Waals surface area contributed by atoms with Crippen molar-refractivity contribution in [2.75, 3.05) is 6.73 Å². The number of aryl methyl sites for hydroxylation is 1. The monoisotopic (exact) mass is 300 g/mol. The number of nitrogens with zero attached hydrogens (tertiary/aromatic N) is 1. The molecule has 1 aliphatic heterocycles. The third kappa shape index (κ3) is 2.28. The molecule has 3 heteroatoms. The van der Waals surface area contributed by atoms with E-state index in [2.05, 4.69) is 56.3 Å². The number of fused-ring (bicyclic) bond motifs is 1. The molecule has 0 unspecified atom stereocenters. The average Bonchev–Trinajstić information content (AvgIpc) is 2.47. The fraction of sp³-hybridized carbons (Fsp3) is 0.500. The molecule has 0 N–H and O–H groups in total. The number of hydrogen-bond acceptors (Lipinski definition) is 1. The van der Waals surface area contributed by atoms with Gasteiger partial charge in [-0.25, -0.2) is 0 Å². The lowest BCUT2D eigenvalue weighted by molar-refractivity contribution is -0.442. The summed E-state index contributed by atoms with van der Waals surface area (Å²) in [6.45, 7) is 12.3. The van der Waals surface area contributed by atoms with Gasteiger partial charge in [0.1, 0.15) is 5.75 Å². The minimum atomic E-state index is -1.69. The van der Waals surface area contributed by atoms with E-state index < -0.39 is 8.24 Å². The van der Waals surface area contributed by atoms with Gasteiger partial charge in [0.15, 0.2) is 5.71 Å². The maximum Gasteiger partial charge on any atom is 0.391 e. The molecule has 2 nitrogen and oxygen atoms in total. The normalized spacial score (nSPS) is 23.7. The quantitative estimate of drug-likeness (QED) is 0.667. The van der Waals surface area contributed by atoms with E-state index in [1.54, 1.807) is 0 Å². The molecule has 0 radical (unpaired) electrons. The average molecular weight is 300 g/mol. The van der Waals surface area contributed by atoms with Gasteiger partial charge in [-0.05, 0) is 75.5 Å². The zero-order valence-corrected chi connectivity index (χ0v) is 14.9. The number of benzene rings is 1. The Labute approximate surface area is 129 Å². The first-order valence-electron chi connectivity index (χ1n) is 7.97. The summed E-state index contributed by atoms with van der Waals surface area (Å²) in [5, 5.41) is 1.46. The van der Waals surface area contributed by atoms with Crippen LogP contribution in [-0.4, -0.2) is 24.9 Å². The van der Waals surface area contributed by atoms with Crippen molar-refractivity contribution < 1.29 is 8.98 Å². The lowest BCUT2D eigenvalue weighted by Gasteiger charge is -2.31. The Morgan fingerprint density at radius 2 is 1.90 bits per heavy atom. The van der Waals surface area contributed by atoms with Crippen molar-refractivity contribution in [3.05, 3.63) is 34.9 Å². The predicted molar refractivity (Wildman–Crippen MR) is 91.5 cm³/mol. The van der Waals surface area contributed by atoms with Crippen LogP contribution >= 0.6 is 0 Å². The fourth-order valence-electron chi connectivity index (χ4n) is 3.51. The van der Waals surface area contributed by atoms with Crippen LogP contribution in [0.15, 0.2) is 18.2 Å². The molecule has 2 aliphatic rings. The molecule has 0 amide bonds. The highest BCUT2D eigenvalue weighted by atomic mass is 28.3. The second kappa shape index (κ2) is 5.13. The molecule has 3 rings (SSSR count). The van der Waals surface area contributed by atoms with Gasteiger partial charge in [0.25, 0.3) is 6.73 Å². The van der Waals surface area contributed by atoms with Gasteiger partial charge in [-0.3, -0.25) is 4.24 Å². The van der Waals surface area contributed by atoms with Crippen LogP contribution in [-0.2, 0) is 0 Å². The van der Waals surface area contributed by atoms with Crippen molar-refractivity contribution in [2.24, 2.45) is 0 Å². The highest BCUT2D eigenvalue weighted by Crippen LogP contribution is 2.29. The highest BCUT2D eigenvalue weighted by Gasteiger charge is 2.47. The third-order valence-corrected chi connectivity index (χ3v) is 8.69. The zero-order valence-electron chi connectivity index (χ0n) is 13.9. The minimum Gasteiger partial charge on any atom is -0.438 e. The SMILES string of the molecule is Cc1cc2c(c(C)c1C)OC[N+](=C1C=CCCC1)[Si]2(C)C. The van der Waals surface area contributed by atoms with Gasteiger partial charge in [0, 0.05) is 11.6 Å². The molecule has 0 saturated heterocycles. The maximum absolute atomic E-state index is 6.20. The highest BCUT2D eigenvalue weighted by molar-refractivity contribution is 6.84. The van der Waals surface area contributed by atoms with Crippen molar-refractivity contribution in [3.8, 4) is 5.75 Å². The first-order chi connectivity index (χ1) is 9.93. The van der Waals surface area contributed by atoms with Crippen molar-refractivity contribution in [1.82, 2.24) is 0 Å². The van der Waals surface area contributed by atoms with Crippen LogP contribution in [0.3, 0.4) is 0 Å². The summed E-state index contributed by atoms with van der Waals surface area (Å²) in [7, 11) is -1.69. The summed E-state index contributed by atoms with van der Waals surface area (Å²) in [4.78, 5) is 0. The standard InChI is InChI=1S/C18H26NOSi/c1-13-11-17-18(15(3)14(13)2)20-12-19(21(17,4)5)16-9-7-6-8-10-16/h7,9,11H,6,8,10,12H2,1-5H3/q+1. The molecule has 0 fully saturated rings. The molecule has 21 heavy (non-hydrogen) atoms. The lowest BCUT2D eigenvalue weighted by atomic mass is 10.0. The Morgan fingerprint density at radius 1 is 1.14 bits per heavy atom. The van der Waals surface area contributed by atoms with E-state index in [0.29, 0.717) is 0 Å². The molecule has 112 valence electrons. The molecule has 0 spiro atoms. The Balaban J connectivity index is 2.19. The molecule has 0 saturated carbocycles. The van der Waals surface area contributed by atoms with Crippen LogP contribution in [0.1, 0.15) is 36.0 Å². The molecule has 0 aromatic heterocycles. The molecular formula is C18H26NOSi+. The van der Waals surface area contributed by atoms with Crippen molar-refractivity contribution in [3.63, 3.8) is 0 Å². The van der Waals surface area contributed by atoms with Crippen molar-refractivity contribution in [2.45, 2.75) is 53.1 Å². The molecule has 0 bridgehead atoms. The van der Waals surface area contributed by atoms with Gasteiger partial charge in [0.05, 0.1) is 0 Å². The Morgan fingerprint density at radius 3 is 2.57 bits per heavy atom. The number of rotatable bonds is 0. The number of allylic oxidation sites excluding steroid dienone is 2. The van der Waals surface area contributed by atoms with E-state index in [9.17, 15) is 0 Å². The third-order valence-electron chi connectivity index (χ3n) is 5.23. The summed E-state index contributed by atoms with van der Waals surface area (Å²) < 4.78 is 8.77. The molecule has 0 atom stereocenters. The maximum atomic E-state index is 6.20. The van der Waals surface area contributed by atoms with Crippen LogP contribution in [0.5, 0.6) is 5.75 Å². The molecular weight excluding hydrogens is 274 g/mol. The van der Waals surface area contributed by atoms with E-state index in [0.717, 1.165) is 12.5 Å². The Hall–Kier alpha value is -1.35. The Bertz CT molecular complexity index is 656. The molecule has 1 heterocycles. The van der Waals surface area contributed by atoms with Crippen LogP contribution < -0.4 is 9.92 Å². The summed E-state index contributed by atoms with van der Waals surface area (Å²) in [5.41, 5.74) is 5.56. The number of hydrogen-bond donors (Lipinski definition) is 0. The van der Waals surface area contributed by atoms with Crippen LogP contribution in [0.4, 0.5) is 0 Å². The first kappa shape index (κ1) is 14.6. The second-order valence-corrected chi connectivity index (χ2v) is 11.1. The van der Waals surface area contributed by atoms with Crippen LogP contribution in [0.2, 0.25) is 13.1 Å². The van der Waals surface area contributed by atoms with Crippen molar-refractivity contribution >= 4 is 19.1 Å². The van der Waals surface area contributed by atoms with Gasteiger partial charge in [-0.1, -0.05) is 6.08 Å². The van der Waals surface area contributed by atoms with Crippen molar-refractivity contribution in [1.29, 1.82) is 0 Å². The molecule has 1 aliphatic carbocycles. The minimum absolute atomic E-state index is 0.717. The van der Waals surface area contributed by atoms with Crippen LogP contribution in [0.25, 0.3) is 0 Å². The Kier molecular flexibility index (Phi) is 3.56. The largest absolute Gasteiger partial charge is 0.438 e. The molecule has 1 aromatic rings. The summed E-state index contributed by atoms with van der Waals surface area (Å²) >= 11 is 0. The van der Waals surface area contributed by atoms with Gasteiger partial charge >= 0.3 is 8.24 Å². The van der Waals surface area contributed by atoms with E-state index >= 15 is 0 Å².